The number of nitrogens with two attached hydrogens (primary N) is 1. The van der Waals surface area contributed by atoms with Crippen LogP contribution in [0, 0.1) is 0 Å². The van der Waals surface area contributed by atoms with Crippen molar-refractivity contribution in [2.45, 2.75) is 6.92 Å². The van der Waals surface area contributed by atoms with Crippen LogP contribution in [0.1, 0.15) is 6.92 Å². The van der Waals surface area contributed by atoms with Crippen molar-refractivity contribution < 1.29 is 14.3 Å². The number of hydrogen-bond acceptors (Lipinski definition) is 4. The molecule has 0 aliphatic rings. The normalized spacial score (nSPS) is 9.86. The predicted molar refractivity (Wildman–Crippen MR) is 53.2 cm³/mol. The third-order valence-corrected chi connectivity index (χ3v) is 1.61. The summed E-state index contributed by atoms with van der Waals surface area (Å²) in [4.78, 5) is 4.40. The molecule has 1 rings (SSSR count). The maximum absolute atomic E-state index is 5.40. The third kappa shape index (κ3) is 3.24. The Morgan fingerprint density at radius 2 is 1.71 bits per heavy atom. The van der Waals surface area contributed by atoms with Crippen LogP contribution in [0.4, 0.5) is 0 Å². The van der Waals surface area contributed by atoms with Crippen molar-refractivity contribution in [1.29, 1.82) is 0 Å². The largest absolute Gasteiger partial charge is 0.490 e. The van der Waals surface area contributed by atoms with Gasteiger partial charge in [-0.3, -0.25) is 0 Å². The van der Waals surface area contributed by atoms with Crippen molar-refractivity contribution in [2.24, 2.45) is 5.90 Å². The Labute approximate surface area is 83.5 Å². The number of para-hydroxylation sites is 2. The molecule has 0 radical (unpaired) electrons. The SMILES string of the molecule is CCOc1ccccc1OCCON. The highest BCUT2D eigenvalue weighted by molar-refractivity contribution is 5.39. The second-order valence-electron chi connectivity index (χ2n) is 2.60. The zero-order valence-corrected chi connectivity index (χ0v) is 8.23. The van der Waals surface area contributed by atoms with E-state index in [0.29, 0.717) is 25.6 Å². The van der Waals surface area contributed by atoms with E-state index in [1.807, 2.05) is 31.2 Å². The Hall–Kier alpha value is -1.26. The summed E-state index contributed by atoms with van der Waals surface area (Å²) in [7, 11) is 0. The summed E-state index contributed by atoms with van der Waals surface area (Å²) in [6.45, 7) is 3.33. The Bertz CT molecular complexity index is 265. The molecule has 1 aromatic rings. The molecular weight excluding hydrogens is 182 g/mol. The van der Waals surface area contributed by atoms with Gasteiger partial charge in [-0.2, -0.15) is 0 Å². The molecule has 0 unspecified atom stereocenters. The Balaban J connectivity index is 2.55. The average molecular weight is 197 g/mol. The lowest BCUT2D eigenvalue weighted by Crippen LogP contribution is -2.10. The molecule has 4 heteroatoms. The summed E-state index contributed by atoms with van der Waals surface area (Å²) in [5, 5.41) is 0. The lowest BCUT2D eigenvalue weighted by Gasteiger charge is -2.10. The molecule has 0 aliphatic heterocycles. The van der Waals surface area contributed by atoms with Crippen LogP contribution in [0.15, 0.2) is 24.3 Å². The molecule has 0 spiro atoms. The van der Waals surface area contributed by atoms with Gasteiger partial charge in [0.1, 0.15) is 13.2 Å². The molecule has 0 fully saturated rings. The van der Waals surface area contributed by atoms with Crippen LogP contribution in [-0.2, 0) is 4.84 Å². The quantitative estimate of drug-likeness (QED) is 0.552. The first-order chi connectivity index (χ1) is 6.88. The molecule has 4 nitrogen and oxygen atoms in total. The Morgan fingerprint density at radius 3 is 2.29 bits per heavy atom. The van der Waals surface area contributed by atoms with Crippen LogP contribution < -0.4 is 15.4 Å². The average Bonchev–Trinajstić information content (AvgIpc) is 2.21. The highest BCUT2D eigenvalue weighted by Crippen LogP contribution is 2.25. The molecule has 14 heavy (non-hydrogen) atoms. The molecule has 0 amide bonds. The second kappa shape index (κ2) is 6.23. The molecule has 1 aromatic carbocycles. The number of rotatable bonds is 6. The van der Waals surface area contributed by atoms with Gasteiger partial charge in [-0.1, -0.05) is 12.1 Å². The lowest BCUT2D eigenvalue weighted by atomic mass is 10.3. The molecular formula is C10H15NO3. The Morgan fingerprint density at radius 1 is 1.07 bits per heavy atom. The predicted octanol–water partition coefficient (Wildman–Crippen LogP) is 1.35. The first-order valence-corrected chi connectivity index (χ1v) is 4.54. The van der Waals surface area contributed by atoms with Gasteiger partial charge in [-0.15, -0.1) is 0 Å². The molecule has 0 aliphatic carbocycles. The topological polar surface area (TPSA) is 53.7 Å². The monoisotopic (exact) mass is 197 g/mol. The van der Waals surface area contributed by atoms with Gasteiger partial charge in [-0.25, -0.2) is 5.90 Å². The fraction of sp³-hybridized carbons (Fsp3) is 0.400. The van der Waals surface area contributed by atoms with Crippen LogP contribution in [0.2, 0.25) is 0 Å². The third-order valence-electron chi connectivity index (χ3n) is 1.61. The molecule has 78 valence electrons. The number of hydrogen-bond donors (Lipinski definition) is 1. The molecule has 0 heterocycles. The molecule has 0 atom stereocenters. The van der Waals surface area contributed by atoms with Crippen LogP contribution >= 0.6 is 0 Å². The van der Waals surface area contributed by atoms with E-state index in [4.69, 9.17) is 15.4 Å². The van der Waals surface area contributed by atoms with Crippen LogP contribution in [0.3, 0.4) is 0 Å². The summed E-state index contributed by atoms with van der Waals surface area (Å²) < 4.78 is 10.8. The summed E-state index contributed by atoms with van der Waals surface area (Å²) in [6, 6.07) is 7.50. The van der Waals surface area contributed by atoms with Gasteiger partial charge in [0.05, 0.1) is 6.61 Å². The summed E-state index contributed by atoms with van der Waals surface area (Å²) in [6.07, 6.45) is 0. The van der Waals surface area contributed by atoms with E-state index in [9.17, 15) is 0 Å². The van der Waals surface area contributed by atoms with E-state index in [2.05, 4.69) is 4.84 Å². The molecule has 2 N–H and O–H groups in total. The minimum absolute atomic E-state index is 0.362. The van der Waals surface area contributed by atoms with Crippen molar-refractivity contribution in [3.05, 3.63) is 24.3 Å². The van der Waals surface area contributed by atoms with Crippen LogP contribution in [0.5, 0.6) is 11.5 Å². The zero-order chi connectivity index (χ0) is 10.2. The number of benzene rings is 1. The molecule has 0 saturated heterocycles. The van der Waals surface area contributed by atoms with E-state index in [-0.39, 0.29) is 0 Å². The van der Waals surface area contributed by atoms with Crippen LogP contribution in [-0.4, -0.2) is 19.8 Å². The van der Waals surface area contributed by atoms with Crippen molar-refractivity contribution in [3.63, 3.8) is 0 Å². The first-order valence-electron chi connectivity index (χ1n) is 4.54. The number of ether oxygens (including phenoxy) is 2. The zero-order valence-electron chi connectivity index (χ0n) is 8.23. The van der Waals surface area contributed by atoms with E-state index < -0.39 is 0 Å². The van der Waals surface area contributed by atoms with Gasteiger partial charge in [-0.05, 0) is 19.1 Å². The highest BCUT2D eigenvalue weighted by atomic mass is 16.6. The van der Waals surface area contributed by atoms with Gasteiger partial charge in [0.2, 0.25) is 0 Å². The van der Waals surface area contributed by atoms with Crippen molar-refractivity contribution in [2.75, 3.05) is 19.8 Å². The second-order valence-corrected chi connectivity index (χ2v) is 2.60. The van der Waals surface area contributed by atoms with Crippen molar-refractivity contribution >= 4 is 0 Å². The summed E-state index contributed by atoms with van der Waals surface area (Å²) >= 11 is 0. The van der Waals surface area contributed by atoms with Crippen molar-refractivity contribution in [1.82, 2.24) is 0 Å². The summed E-state index contributed by atoms with van der Waals surface area (Å²) in [5.41, 5.74) is 0. The molecule has 0 saturated carbocycles. The minimum atomic E-state index is 0.362. The van der Waals surface area contributed by atoms with Crippen molar-refractivity contribution in [3.8, 4) is 11.5 Å². The maximum Gasteiger partial charge on any atom is 0.161 e. The first kappa shape index (κ1) is 10.8. The van der Waals surface area contributed by atoms with E-state index in [1.165, 1.54) is 0 Å². The molecule has 0 aromatic heterocycles. The van der Waals surface area contributed by atoms with E-state index in [0.717, 1.165) is 5.75 Å². The van der Waals surface area contributed by atoms with Gasteiger partial charge in [0, 0.05) is 0 Å². The van der Waals surface area contributed by atoms with Gasteiger partial charge in [0.25, 0.3) is 0 Å². The highest BCUT2D eigenvalue weighted by Gasteiger charge is 2.02. The molecule has 0 bridgehead atoms. The van der Waals surface area contributed by atoms with Crippen LogP contribution in [0.25, 0.3) is 0 Å². The maximum atomic E-state index is 5.40. The standard InChI is InChI=1S/C10H15NO3/c1-2-12-9-5-3-4-6-10(9)13-7-8-14-11/h3-6H,2,7-8,11H2,1H3. The van der Waals surface area contributed by atoms with E-state index >= 15 is 0 Å². The Kier molecular flexibility index (Phi) is 4.82. The fourth-order valence-electron chi connectivity index (χ4n) is 1.04. The smallest absolute Gasteiger partial charge is 0.161 e. The lowest BCUT2D eigenvalue weighted by molar-refractivity contribution is 0.100. The fourth-order valence-corrected chi connectivity index (χ4v) is 1.04. The minimum Gasteiger partial charge on any atom is -0.490 e. The van der Waals surface area contributed by atoms with Gasteiger partial charge >= 0.3 is 0 Å². The van der Waals surface area contributed by atoms with Gasteiger partial charge < -0.3 is 14.3 Å². The summed E-state index contributed by atoms with van der Waals surface area (Å²) in [5.74, 6) is 6.34. The van der Waals surface area contributed by atoms with E-state index in [1.54, 1.807) is 0 Å². The van der Waals surface area contributed by atoms with Gasteiger partial charge in [0.15, 0.2) is 11.5 Å².